The van der Waals surface area contributed by atoms with Gasteiger partial charge in [-0.3, -0.25) is 4.79 Å². The molecule has 0 radical (unpaired) electrons. The largest absolute Gasteiger partial charge is 0.378 e. The van der Waals surface area contributed by atoms with Gasteiger partial charge in [0.1, 0.15) is 0 Å². The van der Waals surface area contributed by atoms with Crippen molar-refractivity contribution in [1.82, 2.24) is 15.1 Å². The van der Waals surface area contributed by atoms with Gasteiger partial charge in [0.25, 0.3) is 0 Å². The van der Waals surface area contributed by atoms with E-state index in [9.17, 15) is 9.59 Å². The lowest BCUT2D eigenvalue weighted by molar-refractivity contribution is -0.128. The van der Waals surface area contributed by atoms with Crippen LogP contribution in [0.2, 0.25) is 0 Å². The smallest absolute Gasteiger partial charge is 0.317 e. The van der Waals surface area contributed by atoms with Crippen LogP contribution in [0.1, 0.15) is 12.0 Å². The van der Waals surface area contributed by atoms with Crippen molar-refractivity contribution in [2.24, 2.45) is 0 Å². The predicted octanol–water partition coefficient (Wildman–Crippen LogP) is 0.829. The molecule has 1 N–H and O–H groups in total. The van der Waals surface area contributed by atoms with Crippen LogP contribution in [0.3, 0.4) is 0 Å². The highest BCUT2D eigenvalue weighted by Crippen LogP contribution is 2.15. The number of carbonyl (C=O) groups excluding carboxylic acids is 2. The van der Waals surface area contributed by atoms with Gasteiger partial charge in [0.2, 0.25) is 5.91 Å². The van der Waals surface area contributed by atoms with Gasteiger partial charge in [-0.2, -0.15) is 0 Å². The molecule has 118 valence electrons. The molecule has 0 aliphatic carbocycles. The Balaban J connectivity index is 1.52. The molecule has 0 spiro atoms. The Kier molecular flexibility index (Phi) is 4.58. The molecule has 2 aliphatic heterocycles. The lowest BCUT2D eigenvalue weighted by atomic mass is 10.2. The first-order valence-corrected chi connectivity index (χ1v) is 7.67. The molecule has 3 amide bonds. The van der Waals surface area contributed by atoms with E-state index in [-0.39, 0.29) is 18.0 Å². The fourth-order valence-corrected chi connectivity index (χ4v) is 2.86. The van der Waals surface area contributed by atoms with Crippen molar-refractivity contribution >= 4 is 11.9 Å². The number of nitrogens with one attached hydrogen (secondary N) is 1. The van der Waals surface area contributed by atoms with E-state index in [1.165, 1.54) is 0 Å². The van der Waals surface area contributed by atoms with Crippen molar-refractivity contribution in [1.29, 1.82) is 0 Å². The molecule has 3 rings (SSSR count). The maximum absolute atomic E-state index is 12.2. The maximum atomic E-state index is 12.2. The molecule has 2 fully saturated rings. The first-order chi connectivity index (χ1) is 10.7. The van der Waals surface area contributed by atoms with Gasteiger partial charge in [-0.05, 0) is 5.56 Å². The van der Waals surface area contributed by atoms with Crippen molar-refractivity contribution < 1.29 is 14.3 Å². The fraction of sp³-hybridized carbons (Fsp3) is 0.500. The molecular formula is C16H21N3O3. The number of amides is 3. The summed E-state index contributed by atoms with van der Waals surface area (Å²) in [6.45, 7) is 3.56. The summed E-state index contributed by atoms with van der Waals surface area (Å²) in [5.41, 5.74) is 1.11. The summed E-state index contributed by atoms with van der Waals surface area (Å²) < 4.78 is 5.24. The predicted molar refractivity (Wildman–Crippen MR) is 81.2 cm³/mol. The molecule has 1 aromatic rings. The third-order valence-electron chi connectivity index (χ3n) is 4.06. The Bertz CT molecular complexity index is 529. The number of likely N-dealkylation sites (tertiary alicyclic amines) is 1. The molecule has 1 aromatic carbocycles. The topological polar surface area (TPSA) is 61.9 Å². The third kappa shape index (κ3) is 3.57. The van der Waals surface area contributed by atoms with E-state index in [0.29, 0.717) is 45.8 Å². The van der Waals surface area contributed by atoms with Crippen LogP contribution in [-0.2, 0) is 16.1 Å². The number of benzene rings is 1. The Morgan fingerprint density at radius 1 is 1.23 bits per heavy atom. The minimum Gasteiger partial charge on any atom is -0.378 e. The van der Waals surface area contributed by atoms with E-state index >= 15 is 0 Å². The van der Waals surface area contributed by atoms with Crippen molar-refractivity contribution in [3.63, 3.8) is 0 Å². The van der Waals surface area contributed by atoms with Crippen molar-refractivity contribution in [2.45, 2.75) is 19.0 Å². The maximum Gasteiger partial charge on any atom is 0.317 e. The Morgan fingerprint density at radius 2 is 1.95 bits per heavy atom. The zero-order valence-corrected chi connectivity index (χ0v) is 12.5. The number of morpholine rings is 1. The summed E-state index contributed by atoms with van der Waals surface area (Å²) in [7, 11) is 0. The van der Waals surface area contributed by atoms with Gasteiger partial charge in [-0.1, -0.05) is 30.3 Å². The number of hydrogen-bond donors (Lipinski definition) is 1. The average molecular weight is 303 g/mol. The van der Waals surface area contributed by atoms with Crippen LogP contribution in [0.25, 0.3) is 0 Å². The Morgan fingerprint density at radius 3 is 2.68 bits per heavy atom. The van der Waals surface area contributed by atoms with E-state index < -0.39 is 0 Å². The van der Waals surface area contributed by atoms with Gasteiger partial charge in [0.05, 0.1) is 19.3 Å². The average Bonchev–Trinajstić information content (AvgIpc) is 2.88. The first-order valence-electron chi connectivity index (χ1n) is 7.67. The lowest BCUT2D eigenvalue weighted by Crippen LogP contribution is -2.49. The highest BCUT2D eigenvalue weighted by molar-refractivity contribution is 5.81. The molecule has 2 heterocycles. The van der Waals surface area contributed by atoms with E-state index in [4.69, 9.17) is 4.74 Å². The van der Waals surface area contributed by atoms with Crippen LogP contribution in [0.5, 0.6) is 0 Å². The van der Waals surface area contributed by atoms with Gasteiger partial charge < -0.3 is 19.9 Å². The van der Waals surface area contributed by atoms with Gasteiger partial charge in [-0.25, -0.2) is 4.79 Å². The van der Waals surface area contributed by atoms with Gasteiger partial charge in [0.15, 0.2) is 0 Å². The summed E-state index contributed by atoms with van der Waals surface area (Å²) in [5, 5.41) is 2.96. The Hall–Kier alpha value is -2.08. The van der Waals surface area contributed by atoms with E-state index in [1.54, 1.807) is 9.80 Å². The summed E-state index contributed by atoms with van der Waals surface area (Å²) in [6, 6.07) is 9.70. The number of carbonyl (C=O) groups is 2. The molecule has 0 bridgehead atoms. The van der Waals surface area contributed by atoms with Crippen LogP contribution in [0.4, 0.5) is 4.79 Å². The van der Waals surface area contributed by atoms with Crippen LogP contribution in [0, 0.1) is 0 Å². The molecule has 1 atom stereocenters. The summed E-state index contributed by atoms with van der Waals surface area (Å²) in [5.74, 6) is 0.0936. The van der Waals surface area contributed by atoms with Crippen LogP contribution in [0.15, 0.2) is 30.3 Å². The Labute approximate surface area is 130 Å². The third-order valence-corrected chi connectivity index (χ3v) is 4.06. The van der Waals surface area contributed by atoms with Gasteiger partial charge >= 0.3 is 6.03 Å². The SMILES string of the molecule is O=C1C[C@@H](NC(=O)N2CCOCC2)CN1Cc1ccccc1. The fourth-order valence-electron chi connectivity index (χ4n) is 2.86. The van der Waals surface area contributed by atoms with Gasteiger partial charge in [-0.15, -0.1) is 0 Å². The monoisotopic (exact) mass is 303 g/mol. The van der Waals surface area contributed by atoms with E-state index in [0.717, 1.165) is 5.56 Å². The van der Waals surface area contributed by atoms with Crippen LogP contribution in [-0.4, -0.2) is 60.6 Å². The molecule has 0 saturated carbocycles. The summed E-state index contributed by atoms with van der Waals surface area (Å²) in [4.78, 5) is 27.8. The zero-order valence-electron chi connectivity index (χ0n) is 12.5. The van der Waals surface area contributed by atoms with Gasteiger partial charge in [0, 0.05) is 32.6 Å². The highest BCUT2D eigenvalue weighted by Gasteiger charge is 2.31. The molecule has 2 saturated heterocycles. The molecule has 6 nitrogen and oxygen atoms in total. The molecule has 6 heteroatoms. The zero-order chi connectivity index (χ0) is 15.4. The highest BCUT2D eigenvalue weighted by atomic mass is 16.5. The van der Waals surface area contributed by atoms with E-state index in [2.05, 4.69) is 5.32 Å². The number of urea groups is 1. The molecule has 2 aliphatic rings. The molecule has 0 unspecified atom stereocenters. The standard InChI is InChI=1S/C16H21N3O3/c20-15-10-14(17-16(21)18-6-8-22-9-7-18)12-19(15)11-13-4-2-1-3-5-13/h1-5,14H,6-12H2,(H,17,21)/t14-/m1/s1. The minimum atomic E-state index is -0.105. The second kappa shape index (κ2) is 6.79. The quantitative estimate of drug-likeness (QED) is 0.899. The second-order valence-electron chi connectivity index (χ2n) is 5.71. The molecular weight excluding hydrogens is 282 g/mol. The number of ether oxygens (including phenoxy) is 1. The van der Waals surface area contributed by atoms with E-state index in [1.807, 2.05) is 30.3 Å². The van der Waals surface area contributed by atoms with Crippen LogP contribution >= 0.6 is 0 Å². The number of rotatable bonds is 3. The summed E-state index contributed by atoms with van der Waals surface area (Å²) in [6.07, 6.45) is 0.378. The van der Waals surface area contributed by atoms with Crippen molar-refractivity contribution in [3.8, 4) is 0 Å². The van der Waals surface area contributed by atoms with Crippen molar-refractivity contribution in [3.05, 3.63) is 35.9 Å². The molecule has 22 heavy (non-hydrogen) atoms. The molecule has 0 aromatic heterocycles. The summed E-state index contributed by atoms with van der Waals surface area (Å²) >= 11 is 0. The second-order valence-corrected chi connectivity index (χ2v) is 5.71. The first kappa shape index (κ1) is 14.8. The van der Waals surface area contributed by atoms with Crippen LogP contribution < -0.4 is 5.32 Å². The lowest BCUT2D eigenvalue weighted by Gasteiger charge is -2.28. The van der Waals surface area contributed by atoms with Crippen molar-refractivity contribution in [2.75, 3.05) is 32.8 Å². The minimum absolute atomic E-state index is 0.0936. The number of hydrogen-bond acceptors (Lipinski definition) is 3. The normalized spacial score (nSPS) is 22.0. The number of nitrogens with zero attached hydrogens (tertiary/aromatic N) is 2.